The SMILES string of the molecule is CC(C)C=NNc1nccs1. The molecule has 1 N–H and O–H groups in total. The van der Waals surface area contributed by atoms with E-state index in [0.717, 1.165) is 5.13 Å². The Morgan fingerprint density at radius 2 is 2.55 bits per heavy atom. The average Bonchev–Trinajstić information content (AvgIpc) is 2.39. The zero-order valence-electron chi connectivity index (χ0n) is 6.61. The van der Waals surface area contributed by atoms with Gasteiger partial charge in [0, 0.05) is 17.8 Å². The molecule has 1 rings (SSSR count). The molecule has 1 heterocycles. The van der Waals surface area contributed by atoms with E-state index in [1.54, 1.807) is 6.20 Å². The van der Waals surface area contributed by atoms with Gasteiger partial charge in [-0.25, -0.2) is 4.98 Å². The number of hydrogen-bond donors (Lipinski definition) is 1. The summed E-state index contributed by atoms with van der Waals surface area (Å²) in [4.78, 5) is 4.01. The number of hydrazone groups is 1. The standard InChI is InChI=1S/C7H11N3S/c1-6(2)5-9-10-7-8-3-4-11-7/h3-6H,1-2H3,(H,8,10). The smallest absolute Gasteiger partial charge is 0.203 e. The Kier molecular flexibility index (Phi) is 3.04. The molecule has 1 aromatic rings. The van der Waals surface area contributed by atoms with Crippen molar-refractivity contribution in [3.63, 3.8) is 0 Å². The number of rotatable bonds is 3. The lowest BCUT2D eigenvalue weighted by Gasteiger charge is -1.93. The Hall–Kier alpha value is -0.900. The van der Waals surface area contributed by atoms with Crippen LogP contribution in [0.25, 0.3) is 0 Å². The van der Waals surface area contributed by atoms with Crippen molar-refractivity contribution in [3.05, 3.63) is 11.6 Å². The van der Waals surface area contributed by atoms with Gasteiger partial charge in [-0.1, -0.05) is 13.8 Å². The minimum Gasteiger partial charge on any atom is -0.253 e. The Balaban J connectivity index is 2.34. The molecule has 4 heteroatoms. The largest absolute Gasteiger partial charge is 0.253 e. The van der Waals surface area contributed by atoms with Crippen LogP contribution in [0.5, 0.6) is 0 Å². The van der Waals surface area contributed by atoms with Crippen LogP contribution in [-0.4, -0.2) is 11.2 Å². The minimum atomic E-state index is 0.475. The van der Waals surface area contributed by atoms with E-state index in [4.69, 9.17) is 0 Å². The highest BCUT2D eigenvalue weighted by Gasteiger charge is 1.89. The number of thiazole rings is 1. The van der Waals surface area contributed by atoms with Gasteiger partial charge in [-0.15, -0.1) is 11.3 Å². The normalized spacial score (nSPS) is 11.2. The number of nitrogens with one attached hydrogen (secondary N) is 1. The molecule has 0 aromatic carbocycles. The van der Waals surface area contributed by atoms with Crippen LogP contribution in [0.4, 0.5) is 5.13 Å². The fourth-order valence-corrected chi connectivity index (χ4v) is 0.998. The third-order valence-electron chi connectivity index (χ3n) is 0.965. The van der Waals surface area contributed by atoms with Gasteiger partial charge in [-0.2, -0.15) is 5.10 Å². The summed E-state index contributed by atoms with van der Waals surface area (Å²) in [5.41, 5.74) is 2.83. The Labute approximate surface area is 70.2 Å². The second-order valence-electron chi connectivity index (χ2n) is 2.47. The molecular formula is C7H11N3S. The quantitative estimate of drug-likeness (QED) is 0.556. The van der Waals surface area contributed by atoms with Crippen molar-refractivity contribution < 1.29 is 0 Å². The van der Waals surface area contributed by atoms with Crippen LogP contribution in [0, 0.1) is 5.92 Å². The van der Waals surface area contributed by atoms with Gasteiger partial charge in [0.05, 0.1) is 0 Å². The molecule has 0 bridgehead atoms. The minimum absolute atomic E-state index is 0.475. The fraction of sp³-hybridized carbons (Fsp3) is 0.429. The van der Waals surface area contributed by atoms with E-state index < -0.39 is 0 Å². The van der Waals surface area contributed by atoms with E-state index in [9.17, 15) is 0 Å². The monoisotopic (exact) mass is 169 g/mol. The molecular weight excluding hydrogens is 158 g/mol. The van der Waals surface area contributed by atoms with Gasteiger partial charge in [0.25, 0.3) is 0 Å². The van der Waals surface area contributed by atoms with Gasteiger partial charge < -0.3 is 0 Å². The van der Waals surface area contributed by atoms with Crippen molar-refractivity contribution in [3.8, 4) is 0 Å². The predicted molar refractivity (Wildman–Crippen MR) is 49.1 cm³/mol. The molecule has 0 spiro atoms. The maximum absolute atomic E-state index is 4.01. The van der Waals surface area contributed by atoms with E-state index in [1.165, 1.54) is 11.3 Å². The molecule has 0 saturated heterocycles. The molecule has 3 nitrogen and oxygen atoms in total. The lowest BCUT2D eigenvalue weighted by atomic mass is 10.3. The fourth-order valence-electron chi connectivity index (χ4n) is 0.520. The molecule has 0 atom stereocenters. The highest BCUT2D eigenvalue weighted by atomic mass is 32.1. The number of aromatic nitrogens is 1. The number of nitrogens with zero attached hydrogens (tertiary/aromatic N) is 2. The van der Waals surface area contributed by atoms with E-state index in [2.05, 4.69) is 29.4 Å². The molecule has 0 aliphatic heterocycles. The first kappa shape index (κ1) is 8.20. The zero-order valence-corrected chi connectivity index (χ0v) is 7.43. The van der Waals surface area contributed by atoms with Crippen LogP contribution >= 0.6 is 11.3 Å². The van der Waals surface area contributed by atoms with Gasteiger partial charge in [-0.3, -0.25) is 5.43 Å². The molecule has 0 radical (unpaired) electrons. The van der Waals surface area contributed by atoms with Crippen molar-refractivity contribution >= 4 is 22.7 Å². The summed E-state index contributed by atoms with van der Waals surface area (Å²) < 4.78 is 0. The van der Waals surface area contributed by atoms with E-state index >= 15 is 0 Å². The van der Waals surface area contributed by atoms with Gasteiger partial charge in [0.1, 0.15) is 0 Å². The summed E-state index contributed by atoms with van der Waals surface area (Å²) in [6.45, 7) is 4.15. The second kappa shape index (κ2) is 4.08. The van der Waals surface area contributed by atoms with E-state index in [0.29, 0.717) is 5.92 Å². The van der Waals surface area contributed by atoms with Crippen LogP contribution in [0.15, 0.2) is 16.7 Å². The van der Waals surface area contributed by atoms with Crippen LogP contribution in [0.2, 0.25) is 0 Å². The molecule has 0 saturated carbocycles. The molecule has 0 unspecified atom stereocenters. The average molecular weight is 169 g/mol. The third-order valence-corrected chi connectivity index (χ3v) is 1.64. The van der Waals surface area contributed by atoms with Crippen LogP contribution in [-0.2, 0) is 0 Å². The molecule has 11 heavy (non-hydrogen) atoms. The predicted octanol–water partition coefficient (Wildman–Crippen LogP) is 2.20. The first-order valence-electron chi connectivity index (χ1n) is 3.47. The Morgan fingerprint density at radius 3 is 3.09 bits per heavy atom. The summed E-state index contributed by atoms with van der Waals surface area (Å²) in [5, 5.41) is 6.73. The number of anilines is 1. The molecule has 0 aliphatic carbocycles. The van der Waals surface area contributed by atoms with Gasteiger partial charge >= 0.3 is 0 Å². The third kappa shape index (κ3) is 3.13. The maximum Gasteiger partial charge on any atom is 0.203 e. The van der Waals surface area contributed by atoms with Crippen LogP contribution in [0.3, 0.4) is 0 Å². The van der Waals surface area contributed by atoms with Crippen LogP contribution in [0.1, 0.15) is 13.8 Å². The first-order valence-corrected chi connectivity index (χ1v) is 4.35. The maximum atomic E-state index is 4.01. The molecule has 0 amide bonds. The lowest BCUT2D eigenvalue weighted by molar-refractivity contribution is 0.904. The zero-order chi connectivity index (χ0) is 8.10. The van der Waals surface area contributed by atoms with E-state index in [-0.39, 0.29) is 0 Å². The van der Waals surface area contributed by atoms with Crippen molar-refractivity contribution in [1.82, 2.24) is 4.98 Å². The molecule has 1 aromatic heterocycles. The van der Waals surface area contributed by atoms with Gasteiger partial charge in [0.2, 0.25) is 5.13 Å². The first-order chi connectivity index (χ1) is 5.29. The van der Waals surface area contributed by atoms with Crippen molar-refractivity contribution in [1.29, 1.82) is 0 Å². The van der Waals surface area contributed by atoms with Gasteiger partial charge in [0.15, 0.2) is 0 Å². The van der Waals surface area contributed by atoms with Crippen molar-refractivity contribution in [2.75, 3.05) is 5.43 Å². The highest BCUT2D eigenvalue weighted by molar-refractivity contribution is 7.13. The van der Waals surface area contributed by atoms with Crippen molar-refractivity contribution in [2.24, 2.45) is 11.0 Å². The summed E-state index contributed by atoms with van der Waals surface area (Å²) in [7, 11) is 0. The molecule has 0 aliphatic rings. The summed E-state index contributed by atoms with van der Waals surface area (Å²) in [6.07, 6.45) is 3.60. The van der Waals surface area contributed by atoms with E-state index in [1.807, 2.05) is 11.6 Å². The second-order valence-corrected chi connectivity index (χ2v) is 3.37. The summed E-state index contributed by atoms with van der Waals surface area (Å²) >= 11 is 1.54. The number of hydrogen-bond acceptors (Lipinski definition) is 4. The lowest BCUT2D eigenvalue weighted by Crippen LogP contribution is -1.92. The topological polar surface area (TPSA) is 37.3 Å². The van der Waals surface area contributed by atoms with Crippen LogP contribution < -0.4 is 5.43 Å². The van der Waals surface area contributed by atoms with Gasteiger partial charge in [-0.05, 0) is 5.92 Å². The Morgan fingerprint density at radius 1 is 1.73 bits per heavy atom. The summed E-state index contributed by atoms with van der Waals surface area (Å²) in [6, 6.07) is 0. The molecule has 0 fully saturated rings. The highest BCUT2D eigenvalue weighted by Crippen LogP contribution is 2.09. The van der Waals surface area contributed by atoms with Crippen molar-refractivity contribution in [2.45, 2.75) is 13.8 Å². The summed E-state index contributed by atoms with van der Waals surface area (Å²) in [5.74, 6) is 0.475. The Bertz CT molecular complexity index is 216. The molecule has 60 valence electrons.